The molecule has 1 heterocycles. The van der Waals surface area contributed by atoms with E-state index in [-0.39, 0.29) is 5.41 Å². The van der Waals surface area contributed by atoms with Gasteiger partial charge in [0.15, 0.2) is 0 Å². The van der Waals surface area contributed by atoms with E-state index in [0.717, 1.165) is 18.7 Å². The number of aromatic nitrogens is 1. The van der Waals surface area contributed by atoms with Crippen molar-refractivity contribution < 1.29 is 9.47 Å². The molecular weight excluding hydrogens is 240 g/mol. The van der Waals surface area contributed by atoms with Gasteiger partial charge >= 0.3 is 0 Å². The van der Waals surface area contributed by atoms with Crippen LogP contribution in [0.1, 0.15) is 38.4 Å². The highest BCUT2D eigenvalue weighted by Crippen LogP contribution is 2.24. The molecule has 4 nitrogen and oxygen atoms in total. The zero-order valence-electron chi connectivity index (χ0n) is 12.7. The maximum absolute atomic E-state index is 5.71. The minimum absolute atomic E-state index is 0.0222. The van der Waals surface area contributed by atoms with E-state index in [2.05, 4.69) is 37.1 Å². The molecule has 108 valence electrons. The SMILES string of the molecule is CNCc1cc(OCCCOC)nc(C(C)(C)C)c1. The van der Waals surface area contributed by atoms with Crippen molar-refractivity contribution in [2.24, 2.45) is 0 Å². The third-order valence-corrected chi connectivity index (χ3v) is 2.75. The Balaban J connectivity index is 2.81. The first-order valence-corrected chi connectivity index (χ1v) is 6.75. The number of hydrogen-bond acceptors (Lipinski definition) is 4. The van der Waals surface area contributed by atoms with Gasteiger partial charge in [-0.3, -0.25) is 0 Å². The van der Waals surface area contributed by atoms with Crippen LogP contribution in [-0.2, 0) is 16.7 Å². The van der Waals surface area contributed by atoms with Gasteiger partial charge in [0.25, 0.3) is 0 Å². The van der Waals surface area contributed by atoms with Crippen LogP contribution in [0, 0.1) is 0 Å². The predicted molar refractivity (Wildman–Crippen MR) is 77.7 cm³/mol. The lowest BCUT2D eigenvalue weighted by Crippen LogP contribution is -2.16. The summed E-state index contributed by atoms with van der Waals surface area (Å²) in [4.78, 5) is 4.59. The fourth-order valence-electron chi connectivity index (χ4n) is 1.70. The van der Waals surface area contributed by atoms with Crippen molar-refractivity contribution >= 4 is 0 Å². The molecular formula is C15H26N2O2. The summed E-state index contributed by atoms with van der Waals surface area (Å²) >= 11 is 0. The van der Waals surface area contributed by atoms with Crippen LogP contribution in [0.4, 0.5) is 0 Å². The first kappa shape index (κ1) is 15.9. The van der Waals surface area contributed by atoms with Crippen LogP contribution in [0.25, 0.3) is 0 Å². The first-order valence-electron chi connectivity index (χ1n) is 6.75. The summed E-state index contributed by atoms with van der Waals surface area (Å²) < 4.78 is 10.7. The van der Waals surface area contributed by atoms with Crippen LogP contribution >= 0.6 is 0 Å². The molecule has 0 aromatic carbocycles. The van der Waals surface area contributed by atoms with Crippen molar-refractivity contribution in [1.82, 2.24) is 10.3 Å². The molecule has 0 bridgehead atoms. The second-order valence-corrected chi connectivity index (χ2v) is 5.67. The van der Waals surface area contributed by atoms with E-state index < -0.39 is 0 Å². The number of nitrogens with zero attached hydrogens (tertiary/aromatic N) is 1. The number of rotatable bonds is 7. The molecule has 0 aliphatic rings. The van der Waals surface area contributed by atoms with Gasteiger partial charge in [0.2, 0.25) is 5.88 Å². The lowest BCUT2D eigenvalue weighted by atomic mass is 9.91. The molecule has 0 saturated heterocycles. The summed E-state index contributed by atoms with van der Waals surface area (Å²) in [6.07, 6.45) is 0.874. The fraction of sp³-hybridized carbons (Fsp3) is 0.667. The largest absolute Gasteiger partial charge is 0.478 e. The maximum atomic E-state index is 5.71. The molecule has 0 fully saturated rings. The van der Waals surface area contributed by atoms with Gasteiger partial charge in [-0.05, 0) is 18.7 Å². The number of ether oxygens (including phenoxy) is 2. The van der Waals surface area contributed by atoms with Crippen LogP contribution in [0.3, 0.4) is 0 Å². The van der Waals surface area contributed by atoms with Crippen LogP contribution in [0.15, 0.2) is 12.1 Å². The van der Waals surface area contributed by atoms with Crippen molar-refractivity contribution in [3.63, 3.8) is 0 Å². The summed E-state index contributed by atoms with van der Waals surface area (Å²) in [6.45, 7) is 8.64. The van der Waals surface area contributed by atoms with Crippen LogP contribution in [0.5, 0.6) is 5.88 Å². The number of nitrogens with one attached hydrogen (secondary N) is 1. The maximum Gasteiger partial charge on any atom is 0.213 e. The van der Waals surface area contributed by atoms with Crippen molar-refractivity contribution in [2.75, 3.05) is 27.4 Å². The Kier molecular flexibility index (Phi) is 6.25. The Morgan fingerprint density at radius 1 is 1.21 bits per heavy atom. The normalized spacial score (nSPS) is 11.6. The smallest absolute Gasteiger partial charge is 0.213 e. The highest BCUT2D eigenvalue weighted by atomic mass is 16.5. The minimum Gasteiger partial charge on any atom is -0.478 e. The molecule has 0 aliphatic carbocycles. The predicted octanol–water partition coefficient (Wildman–Crippen LogP) is 2.51. The van der Waals surface area contributed by atoms with E-state index in [1.165, 1.54) is 5.56 Å². The van der Waals surface area contributed by atoms with Gasteiger partial charge in [0.05, 0.1) is 12.3 Å². The molecule has 0 atom stereocenters. The average molecular weight is 266 g/mol. The lowest BCUT2D eigenvalue weighted by molar-refractivity contribution is 0.170. The van der Waals surface area contributed by atoms with Gasteiger partial charge in [-0.2, -0.15) is 0 Å². The van der Waals surface area contributed by atoms with Gasteiger partial charge in [0.1, 0.15) is 0 Å². The summed E-state index contributed by atoms with van der Waals surface area (Å²) in [5.74, 6) is 0.703. The Hall–Kier alpha value is -1.13. The monoisotopic (exact) mass is 266 g/mol. The standard InChI is InChI=1S/C15H26N2O2/c1-15(2,3)13-9-12(11-16-4)10-14(17-13)19-8-6-7-18-5/h9-10,16H,6-8,11H2,1-5H3. The second-order valence-electron chi connectivity index (χ2n) is 5.67. The lowest BCUT2D eigenvalue weighted by Gasteiger charge is -2.20. The van der Waals surface area contributed by atoms with Gasteiger partial charge < -0.3 is 14.8 Å². The molecule has 19 heavy (non-hydrogen) atoms. The van der Waals surface area contributed by atoms with Crippen molar-refractivity contribution in [3.8, 4) is 5.88 Å². The van der Waals surface area contributed by atoms with Gasteiger partial charge in [0, 0.05) is 38.2 Å². The summed E-state index contributed by atoms with van der Waals surface area (Å²) in [5, 5.41) is 3.16. The van der Waals surface area contributed by atoms with E-state index in [4.69, 9.17) is 9.47 Å². The third-order valence-electron chi connectivity index (χ3n) is 2.75. The molecule has 4 heteroatoms. The molecule has 1 rings (SSSR count). The molecule has 0 unspecified atom stereocenters. The van der Waals surface area contributed by atoms with Gasteiger partial charge in [-0.15, -0.1) is 0 Å². The van der Waals surface area contributed by atoms with E-state index in [1.807, 2.05) is 13.1 Å². The quantitative estimate of drug-likeness (QED) is 0.770. The molecule has 0 saturated carbocycles. The molecule has 1 aromatic rings. The molecule has 1 N–H and O–H groups in total. The number of methoxy groups -OCH3 is 1. The minimum atomic E-state index is 0.0222. The Labute approximate surface area is 116 Å². The first-order chi connectivity index (χ1) is 8.97. The second kappa shape index (κ2) is 7.46. The highest BCUT2D eigenvalue weighted by molar-refractivity contribution is 5.28. The zero-order valence-corrected chi connectivity index (χ0v) is 12.7. The molecule has 0 radical (unpaired) electrons. The van der Waals surface area contributed by atoms with Crippen molar-refractivity contribution in [3.05, 3.63) is 23.4 Å². The van der Waals surface area contributed by atoms with Crippen molar-refractivity contribution in [1.29, 1.82) is 0 Å². The molecule has 0 aliphatic heterocycles. The third kappa shape index (κ3) is 5.57. The van der Waals surface area contributed by atoms with Crippen LogP contribution in [-0.4, -0.2) is 32.4 Å². The average Bonchev–Trinajstić information content (AvgIpc) is 2.34. The molecule has 1 aromatic heterocycles. The van der Waals surface area contributed by atoms with Crippen molar-refractivity contribution in [2.45, 2.75) is 39.2 Å². The van der Waals surface area contributed by atoms with Gasteiger partial charge in [-0.25, -0.2) is 4.98 Å². The topological polar surface area (TPSA) is 43.4 Å². The zero-order chi connectivity index (χ0) is 14.3. The van der Waals surface area contributed by atoms with Crippen LogP contribution < -0.4 is 10.1 Å². The highest BCUT2D eigenvalue weighted by Gasteiger charge is 2.17. The summed E-state index contributed by atoms with van der Waals surface area (Å²) in [6, 6.07) is 4.14. The number of hydrogen-bond donors (Lipinski definition) is 1. The van der Waals surface area contributed by atoms with E-state index in [9.17, 15) is 0 Å². The van der Waals surface area contributed by atoms with Crippen LogP contribution in [0.2, 0.25) is 0 Å². The molecule has 0 amide bonds. The number of pyridine rings is 1. The van der Waals surface area contributed by atoms with Gasteiger partial charge in [-0.1, -0.05) is 20.8 Å². The van der Waals surface area contributed by atoms with E-state index in [1.54, 1.807) is 7.11 Å². The van der Waals surface area contributed by atoms with E-state index in [0.29, 0.717) is 19.1 Å². The Bertz CT molecular complexity index is 386. The van der Waals surface area contributed by atoms with E-state index >= 15 is 0 Å². The Morgan fingerprint density at radius 3 is 2.53 bits per heavy atom. The fourth-order valence-corrected chi connectivity index (χ4v) is 1.70. The summed E-state index contributed by atoms with van der Waals surface area (Å²) in [7, 11) is 3.64. The Morgan fingerprint density at radius 2 is 1.95 bits per heavy atom. The molecule has 0 spiro atoms. The summed E-state index contributed by atoms with van der Waals surface area (Å²) in [5.41, 5.74) is 2.28.